The van der Waals surface area contributed by atoms with Crippen LogP contribution in [0.2, 0.25) is 5.02 Å². The van der Waals surface area contributed by atoms with E-state index in [9.17, 15) is 4.39 Å². The highest BCUT2D eigenvalue weighted by atomic mass is 35.5. The van der Waals surface area contributed by atoms with Crippen LogP contribution < -0.4 is 10.1 Å². The predicted molar refractivity (Wildman–Crippen MR) is 67.1 cm³/mol. The Balaban J connectivity index is 2.03. The summed E-state index contributed by atoms with van der Waals surface area (Å²) in [6.07, 6.45) is 4.91. The van der Waals surface area contributed by atoms with E-state index in [2.05, 4.69) is 5.32 Å². The average molecular weight is 258 g/mol. The van der Waals surface area contributed by atoms with Crippen molar-refractivity contribution >= 4 is 11.6 Å². The van der Waals surface area contributed by atoms with Crippen LogP contribution in [0.25, 0.3) is 0 Å². The number of hydrogen-bond donors (Lipinski definition) is 1. The van der Waals surface area contributed by atoms with Crippen LogP contribution >= 0.6 is 11.6 Å². The van der Waals surface area contributed by atoms with Gasteiger partial charge >= 0.3 is 0 Å². The van der Waals surface area contributed by atoms with Crippen LogP contribution in [0.3, 0.4) is 0 Å². The number of hydrogen-bond acceptors (Lipinski definition) is 2. The van der Waals surface area contributed by atoms with Crippen molar-refractivity contribution in [1.82, 2.24) is 5.32 Å². The average Bonchev–Trinajstić information content (AvgIpc) is 2.81. The van der Waals surface area contributed by atoms with Crippen molar-refractivity contribution in [2.24, 2.45) is 0 Å². The van der Waals surface area contributed by atoms with E-state index >= 15 is 0 Å². The highest BCUT2D eigenvalue weighted by molar-refractivity contribution is 6.32. The molecule has 0 bridgehead atoms. The molecule has 0 radical (unpaired) electrons. The minimum Gasteiger partial charge on any atom is -0.495 e. The fraction of sp³-hybridized carbons (Fsp3) is 0.538. The van der Waals surface area contributed by atoms with E-state index in [1.54, 1.807) is 6.07 Å². The van der Waals surface area contributed by atoms with Gasteiger partial charge in [0, 0.05) is 18.2 Å². The molecule has 1 aliphatic rings. The zero-order valence-electron chi connectivity index (χ0n) is 9.93. The molecule has 94 valence electrons. The lowest BCUT2D eigenvalue weighted by molar-refractivity contribution is 0.412. The lowest BCUT2D eigenvalue weighted by atomic mass is 10.1. The van der Waals surface area contributed by atoms with Crippen molar-refractivity contribution in [2.45, 2.75) is 38.3 Å². The van der Waals surface area contributed by atoms with Gasteiger partial charge in [-0.05, 0) is 25.0 Å². The summed E-state index contributed by atoms with van der Waals surface area (Å²) in [4.78, 5) is 0. The molecule has 0 heterocycles. The van der Waals surface area contributed by atoms with Crippen LogP contribution in [0.1, 0.15) is 31.2 Å². The van der Waals surface area contributed by atoms with Crippen molar-refractivity contribution in [3.63, 3.8) is 0 Å². The van der Waals surface area contributed by atoms with Crippen LogP contribution in [-0.2, 0) is 6.54 Å². The molecule has 0 atom stereocenters. The number of nitrogens with one attached hydrogen (secondary N) is 1. The molecule has 1 aliphatic carbocycles. The maximum Gasteiger partial charge on any atom is 0.137 e. The zero-order valence-corrected chi connectivity index (χ0v) is 10.7. The summed E-state index contributed by atoms with van der Waals surface area (Å²) in [5.41, 5.74) is 0.609. The first-order valence-corrected chi connectivity index (χ1v) is 6.34. The standard InChI is InChI=1S/C13H17ClFNO/c1-17-13-6-9(12(15)7-11(13)14)8-16-10-4-2-3-5-10/h6-7,10,16H,2-5,8H2,1H3. The van der Waals surface area contributed by atoms with Gasteiger partial charge in [-0.1, -0.05) is 24.4 Å². The first-order valence-electron chi connectivity index (χ1n) is 5.96. The molecule has 0 unspecified atom stereocenters. The molecule has 17 heavy (non-hydrogen) atoms. The molecule has 4 heteroatoms. The molecule has 1 N–H and O–H groups in total. The SMILES string of the molecule is COc1cc(CNC2CCCC2)c(F)cc1Cl. The number of rotatable bonds is 4. The predicted octanol–water partition coefficient (Wildman–Crippen LogP) is 3.52. The summed E-state index contributed by atoms with van der Waals surface area (Å²) >= 11 is 5.84. The lowest BCUT2D eigenvalue weighted by Gasteiger charge is -2.13. The molecule has 1 fully saturated rings. The van der Waals surface area contributed by atoms with Gasteiger partial charge in [-0.3, -0.25) is 0 Å². The monoisotopic (exact) mass is 257 g/mol. The van der Waals surface area contributed by atoms with Gasteiger partial charge in [0.1, 0.15) is 11.6 Å². The maximum absolute atomic E-state index is 13.7. The van der Waals surface area contributed by atoms with Crippen LogP contribution in [0, 0.1) is 5.82 Å². The summed E-state index contributed by atoms with van der Waals surface area (Å²) in [5, 5.41) is 3.69. The van der Waals surface area contributed by atoms with Gasteiger partial charge in [0.15, 0.2) is 0 Å². The quantitative estimate of drug-likeness (QED) is 0.891. The van der Waals surface area contributed by atoms with Gasteiger partial charge in [0.25, 0.3) is 0 Å². The Kier molecular flexibility index (Phi) is 4.24. The molecule has 0 saturated heterocycles. The van der Waals surface area contributed by atoms with Gasteiger partial charge in [-0.2, -0.15) is 0 Å². The second-order valence-electron chi connectivity index (χ2n) is 4.44. The molecule has 1 aromatic carbocycles. The van der Waals surface area contributed by atoms with Crippen molar-refractivity contribution in [3.8, 4) is 5.75 Å². The summed E-state index contributed by atoms with van der Waals surface area (Å²) in [6, 6.07) is 3.50. The lowest BCUT2D eigenvalue weighted by Crippen LogP contribution is -2.25. The molecule has 0 spiro atoms. The van der Waals surface area contributed by atoms with E-state index in [-0.39, 0.29) is 5.82 Å². The van der Waals surface area contributed by atoms with Crippen LogP contribution in [-0.4, -0.2) is 13.2 Å². The number of benzene rings is 1. The molecule has 0 aromatic heterocycles. The minimum atomic E-state index is -0.277. The molecule has 2 nitrogen and oxygen atoms in total. The van der Waals surface area contributed by atoms with Crippen molar-refractivity contribution in [3.05, 3.63) is 28.5 Å². The topological polar surface area (TPSA) is 21.3 Å². The third kappa shape index (κ3) is 3.11. The highest BCUT2D eigenvalue weighted by Gasteiger charge is 2.15. The van der Waals surface area contributed by atoms with Crippen molar-refractivity contribution in [2.75, 3.05) is 7.11 Å². The Morgan fingerprint density at radius 1 is 1.41 bits per heavy atom. The first kappa shape index (κ1) is 12.7. The zero-order chi connectivity index (χ0) is 12.3. The van der Waals surface area contributed by atoms with Gasteiger partial charge < -0.3 is 10.1 Å². The number of ether oxygens (including phenoxy) is 1. The Morgan fingerprint density at radius 3 is 2.76 bits per heavy atom. The Labute approximate surface area is 106 Å². The van der Waals surface area contributed by atoms with E-state index in [0.717, 1.165) is 0 Å². The second kappa shape index (κ2) is 5.69. The third-order valence-corrected chi connectivity index (χ3v) is 3.55. The molecule has 1 aromatic rings. The summed E-state index contributed by atoms with van der Waals surface area (Å²) in [5.74, 6) is 0.248. The summed E-state index contributed by atoms with van der Waals surface area (Å²) < 4.78 is 18.7. The van der Waals surface area contributed by atoms with Gasteiger partial charge in [-0.25, -0.2) is 4.39 Å². The molecular formula is C13H17ClFNO. The number of halogens is 2. The van der Waals surface area contributed by atoms with E-state index in [1.807, 2.05) is 0 Å². The van der Waals surface area contributed by atoms with Crippen molar-refractivity contribution in [1.29, 1.82) is 0 Å². The Bertz CT molecular complexity index is 391. The largest absolute Gasteiger partial charge is 0.495 e. The first-order chi connectivity index (χ1) is 8.20. The summed E-state index contributed by atoms with van der Waals surface area (Å²) in [6.45, 7) is 0.532. The third-order valence-electron chi connectivity index (χ3n) is 3.26. The number of methoxy groups -OCH3 is 1. The molecular weight excluding hydrogens is 241 g/mol. The second-order valence-corrected chi connectivity index (χ2v) is 4.85. The fourth-order valence-electron chi connectivity index (χ4n) is 2.25. The van der Waals surface area contributed by atoms with E-state index in [0.29, 0.717) is 28.9 Å². The van der Waals surface area contributed by atoms with E-state index < -0.39 is 0 Å². The van der Waals surface area contributed by atoms with Gasteiger partial charge in [0.2, 0.25) is 0 Å². The fourth-order valence-corrected chi connectivity index (χ4v) is 2.47. The maximum atomic E-state index is 13.7. The summed E-state index contributed by atoms with van der Waals surface area (Å²) in [7, 11) is 1.54. The molecule has 0 amide bonds. The van der Waals surface area contributed by atoms with Crippen LogP contribution in [0.5, 0.6) is 5.75 Å². The molecule has 2 rings (SSSR count). The molecule has 0 aliphatic heterocycles. The van der Waals surface area contributed by atoms with Crippen molar-refractivity contribution < 1.29 is 9.13 Å². The normalized spacial score (nSPS) is 16.4. The highest BCUT2D eigenvalue weighted by Crippen LogP contribution is 2.27. The van der Waals surface area contributed by atoms with Crippen LogP contribution in [0.15, 0.2) is 12.1 Å². The Morgan fingerprint density at radius 2 is 2.12 bits per heavy atom. The Hall–Kier alpha value is -0.800. The van der Waals surface area contributed by atoms with Gasteiger partial charge in [0.05, 0.1) is 12.1 Å². The smallest absolute Gasteiger partial charge is 0.137 e. The van der Waals surface area contributed by atoms with E-state index in [1.165, 1.54) is 38.9 Å². The minimum absolute atomic E-state index is 0.277. The van der Waals surface area contributed by atoms with E-state index in [4.69, 9.17) is 16.3 Å². The van der Waals surface area contributed by atoms with Gasteiger partial charge in [-0.15, -0.1) is 0 Å². The molecule has 1 saturated carbocycles. The van der Waals surface area contributed by atoms with Crippen LogP contribution in [0.4, 0.5) is 4.39 Å².